The largest absolute Gasteiger partial charge is 0.373 e. The number of anilines is 1. The van der Waals surface area contributed by atoms with Gasteiger partial charge in [-0.2, -0.15) is 5.26 Å². The third kappa shape index (κ3) is 2.80. The quantitative estimate of drug-likeness (QED) is 0.849. The average Bonchev–Trinajstić information content (AvgIpc) is 3.13. The Bertz CT molecular complexity index is 500. The van der Waals surface area contributed by atoms with Crippen molar-refractivity contribution in [3.63, 3.8) is 0 Å². The van der Waals surface area contributed by atoms with E-state index in [-0.39, 0.29) is 11.9 Å². The van der Waals surface area contributed by atoms with Crippen LogP contribution < -0.4 is 10.6 Å². The smallest absolute Gasteiger partial charge is 0.242 e. The van der Waals surface area contributed by atoms with E-state index in [1.165, 1.54) is 0 Å². The highest BCUT2D eigenvalue weighted by molar-refractivity contribution is 5.85. The summed E-state index contributed by atoms with van der Waals surface area (Å²) in [6.07, 6.45) is 2.15. The number of aryl methyl sites for hydroxylation is 1. The average molecular weight is 243 g/mol. The monoisotopic (exact) mass is 243 g/mol. The molecule has 18 heavy (non-hydrogen) atoms. The van der Waals surface area contributed by atoms with Crippen LogP contribution in [0.2, 0.25) is 0 Å². The van der Waals surface area contributed by atoms with Crippen molar-refractivity contribution in [2.75, 3.05) is 5.32 Å². The van der Waals surface area contributed by atoms with Crippen LogP contribution in [0, 0.1) is 18.3 Å². The first-order valence-corrected chi connectivity index (χ1v) is 6.18. The minimum Gasteiger partial charge on any atom is -0.373 e. The Labute approximate surface area is 107 Å². The maximum atomic E-state index is 11.8. The van der Waals surface area contributed by atoms with E-state index in [4.69, 9.17) is 5.26 Å². The predicted molar refractivity (Wildman–Crippen MR) is 70.1 cm³/mol. The molecule has 0 bridgehead atoms. The van der Waals surface area contributed by atoms with Gasteiger partial charge in [0.1, 0.15) is 12.1 Å². The first kappa shape index (κ1) is 12.4. The molecule has 0 saturated heterocycles. The number of nitriles is 1. The molecule has 1 atom stereocenters. The van der Waals surface area contributed by atoms with Crippen molar-refractivity contribution >= 4 is 11.6 Å². The minimum absolute atomic E-state index is 0.0112. The first-order valence-electron chi connectivity index (χ1n) is 6.18. The molecule has 0 aromatic heterocycles. The Morgan fingerprint density at radius 2 is 2.22 bits per heavy atom. The van der Waals surface area contributed by atoms with Crippen LogP contribution in [0.25, 0.3) is 0 Å². The molecular weight excluding hydrogens is 226 g/mol. The van der Waals surface area contributed by atoms with Crippen LogP contribution >= 0.6 is 0 Å². The van der Waals surface area contributed by atoms with Crippen molar-refractivity contribution in [3.8, 4) is 6.07 Å². The Balaban J connectivity index is 2.06. The van der Waals surface area contributed by atoms with Gasteiger partial charge < -0.3 is 10.6 Å². The molecule has 1 aliphatic rings. The van der Waals surface area contributed by atoms with Gasteiger partial charge in [-0.3, -0.25) is 4.79 Å². The van der Waals surface area contributed by atoms with Gasteiger partial charge in [0.25, 0.3) is 0 Å². The summed E-state index contributed by atoms with van der Waals surface area (Å²) in [5.74, 6) is -0.0112. The lowest BCUT2D eigenvalue weighted by Crippen LogP contribution is -2.38. The van der Waals surface area contributed by atoms with Crippen LogP contribution in [0.3, 0.4) is 0 Å². The van der Waals surface area contributed by atoms with E-state index < -0.39 is 0 Å². The molecule has 0 spiro atoms. The summed E-state index contributed by atoms with van der Waals surface area (Å²) in [6, 6.07) is 7.78. The fourth-order valence-corrected chi connectivity index (χ4v) is 1.79. The standard InChI is InChI=1S/C14H17N3O/c1-9-4-3-5-13(12(9)8-15)16-10(2)14(18)17-11-6-7-11/h3-5,10-11,16H,6-7H2,1-2H3,(H,17,18). The number of rotatable bonds is 4. The zero-order valence-corrected chi connectivity index (χ0v) is 10.7. The van der Waals surface area contributed by atoms with Gasteiger partial charge in [0.15, 0.2) is 0 Å². The second-order valence-electron chi connectivity index (χ2n) is 4.76. The number of carbonyl (C=O) groups excluding carboxylic acids is 1. The maximum Gasteiger partial charge on any atom is 0.242 e. The second kappa shape index (κ2) is 5.09. The van der Waals surface area contributed by atoms with Crippen molar-refractivity contribution < 1.29 is 4.79 Å². The van der Waals surface area contributed by atoms with Crippen LogP contribution in [0.15, 0.2) is 18.2 Å². The molecular formula is C14H17N3O. The number of nitrogens with zero attached hydrogens (tertiary/aromatic N) is 1. The second-order valence-corrected chi connectivity index (χ2v) is 4.76. The van der Waals surface area contributed by atoms with Gasteiger partial charge in [-0.05, 0) is 38.3 Å². The number of benzene rings is 1. The van der Waals surface area contributed by atoms with Gasteiger partial charge >= 0.3 is 0 Å². The summed E-state index contributed by atoms with van der Waals surface area (Å²) in [4.78, 5) is 11.8. The summed E-state index contributed by atoms with van der Waals surface area (Å²) < 4.78 is 0. The Morgan fingerprint density at radius 1 is 1.50 bits per heavy atom. The van der Waals surface area contributed by atoms with Crippen molar-refractivity contribution in [3.05, 3.63) is 29.3 Å². The molecule has 0 aliphatic heterocycles. The Hall–Kier alpha value is -2.02. The third-order valence-corrected chi connectivity index (χ3v) is 3.07. The highest BCUT2D eigenvalue weighted by Gasteiger charge is 2.25. The van der Waals surface area contributed by atoms with E-state index in [9.17, 15) is 4.79 Å². The topological polar surface area (TPSA) is 64.9 Å². The number of hydrogen-bond acceptors (Lipinski definition) is 3. The maximum absolute atomic E-state index is 11.8. The Kier molecular flexibility index (Phi) is 3.52. The van der Waals surface area contributed by atoms with Gasteiger partial charge in [-0.25, -0.2) is 0 Å². The van der Waals surface area contributed by atoms with Crippen molar-refractivity contribution in [1.29, 1.82) is 5.26 Å². The van der Waals surface area contributed by atoms with Gasteiger partial charge in [-0.1, -0.05) is 12.1 Å². The SMILES string of the molecule is Cc1cccc(NC(C)C(=O)NC2CC2)c1C#N. The highest BCUT2D eigenvalue weighted by Crippen LogP contribution is 2.21. The molecule has 2 N–H and O–H groups in total. The van der Waals surface area contributed by atoms with Crippen LogP contribution in [-0.4, -0.2) is 18.0 Å². The summed E-state index contributed by atoms with van der Waals surface area (Å²) in [5, 5.41) is 15.2. The molecule has 1 aromatic carbocycles. The molecule has 1 amide bonds. The van der Waals surface area contributed by atoms with Gasteiger partial charge in [0, 0.05) is 6.04 Å². The molecule has 1 aliphatic carbocycles. The summed E-state index contributed by atoms with van der Waals surface area (Å²) in [6.45, 7) is 3.69. The molecule has 1 saturated carbocycles. The fraction of sp³-hybridized carbons (Fsp3) is 0.429. The fourth-order valence-electron chi connectivity index (χ4n) is 1.79. The molecule has 1 unspecified atom stereocenters. The predicted octanol–water partition coefficient (Wildman–Crippen LogP) is 1.95. The summed E-state index contributed by atoms with van der Waals surface area (Å²) >= 11 is 0. The minimum atomic E-state index is -0.334. The van der Waals surface area contributed by atoms with E-state index in [1.54, 1.807) is 6.92 Å². The normalized spacial score (nSPS) is 15.6. The first-order chi connectivity index (χ1) is 8.61. The molecule has 0 heterocycles. The number of hydrogen-bond donors (Lipinski definition) is 2. The van der Waals surface area contributed by atoms with E-state index >= 15 is 0 Å². The molecule has 4 nitrogen and oxygen atoms in total. The number of nitrogens with one attached hydrogen (secondary N) is 2. The van der Waals surface area contributed by atoms with Crippen molar-refractivity contribution in [1.82, 2.24) is 5.32 Å². The molecule has 1 aromatic rings. The molecule has 1 fully saturated rings. The van der Waals surface area contributed by atoms with Gasteiger partial charge in [0.2, 0.25) is 5.91 Å². The van der Waals surface area contributed by atoms with Crippen molar-refractivity contribution in [2.45, 2.75) is 38.8 Å². The van der Waals surface area contributed by atoms with Crippen LogP contribution in [0.4, 0.5) is 5.69 Å². The van der Waals surface area contributed by atoms with Crippen molar-refractivity contribution in [2.24, 2.45) is 0 Å². The van der Waals surface area contributed by atoms with Crippen LogP contribution in [0.5, 0.6) is 0 Å². The molecule has 2 rings (SSSR count). The van der Waals surface area contributed by atoms with E-state index in [0.717, 1.165) is 24.1 Å². The van der Waals surface area contributed by atoms with Gasteiger partial charge in [0.05, 0.1) is 11.3 Å². The summed E-state index contributed by atoms with van der Waals surface area (Å²) in [5.41, 5.74) is 2.23. The summed E-state index contributed by atoms with van der Waals surface area (Å²) in [7, 11) is 0. The van der Waals surface area contributed by atoms with Crippen LogP contribution in [-0.2, 0) is 4.79 Å². The third-order valence-electron chi connectivity index (χ3n) is 3.07. The number of carbonyl (C=O) groups is 1. The number of amides is 1. The Morgan fingerprint density at radius 3 is 2.83 bits per heavy atom. The lowest BCUT2D eigenvalue weighted by molar-refractivity contribution is -0.121. The zero-order valence-electron chi connectivity index (χ0n) is 10.7. The molecule has 0 radical (unpaired) electrons. The van der Waals surface area contributed by atoms with E-state index in [2.05, 4.69) is 16.7 Å². The highest BCUT2D eigenvalue weighted by atomic mass is 16.2. The molecule has 4 heteroatoms. The van der Waals surface area contributed by atoms with E-state index in [0.29, 0.717) is 11.6 Å². The lowest BCUT2D eigenvalue weighted by atomic mass is 10.1. The van der Waals surface area contributed by atoms with E-state index in [1.807, 2.05) is 25.1 Å². The van der Waals surface area contributed by atoms with Crippen LogP contribution in [0.1, 0.15) is 30.9 Å². The molecule has 94 valence electrons. The van der Waals surface area contributed by atoms with Gasteiger partial charge in [-0.15, -0.1) is 0 Å². The zero-order chi connectivity index (χ0) is 13.1. The lowest BCUT2D eigenvalue weighted by Gasteiger charge is -2.16.